The van der Waals surface area contributed by atoms with Crippen molar-refractivity contribution in [1.82, 2.24) is 4.98 Å². The number of anilines is 2. The number of hydrogen-bond donors (Lipinski definition) is 1. The number of rotatable bonds is 5. The fourth-order valence-corrected chi connectivity index (χ4v) is 4.44. The van der Waals surface area contributed by atoms with Crippen LogP contribution >= 0.6 is 11.3 Å². The van der Waals surface area contributed by atoms with Crippen molar-refractivity contribution in [2.24, 2.45) is 0 Å². The average Bonchev–Trinajstić information content (AvgIpc) is 3.46. The molecule has 1 fully saturated rings. The lowest BCUT2D eigenvalue weighted by molar-refractivity contribution is -0.121. The lowest BCUT2D eigenvalue weighted by Crippen LogP contribution is -2.28. The fourth-order valence-electron chi connectivity index (χ4n) is 3.72. The van der Waals surface area contributed by atoms with Crippen LogP contribution in [0.25, 0.3) is 22.4 Å². The Morgan fingerprint density at radius 3 is 2.06 bits per heavy atom. The van der Waals surface area contributed by atoms with Crippen LogP contribution in [0, 0.1) is 0 Å². The predicted molar refractivity (Wildman–Crippen MR) is 129 cm³/mol. The van der Waals surface area contributed by atoms with E-state index in [0.29, 0.717) is 16.4 Å². The Hall–Kier alpha value is -4.10. The number of hydrogen-bond acceptors (Lipinski definition) is 5. The van der Waals surface area contributed by atoms with Crippen LogP contribution in [0.2, 0.25) is 0 Å². The summed E-state index contributed by atoms with van der Waals surface area (Å²) in [4.78, 5) is 42.1. The first-order chi connectivity index (χ1) is 16.1. The molecule has 0 unspecified atom stereocenters. The minimum absolute atomic E-state index is 0.218. The summed E-state index contributed by atoms with van der Waals surface area (Å²) in [5.41, 5.74) is 4.94. The summed E-state index contributed by atoms with van der Waals surface area (Å²) in [5.74, 6) is -0.741. The predicted octanol–water partition coefficient (Wildman–Crippen LogP) is 5.38. The molecule has 5 rings (SSSR count). The zero-order valence-electron chi connectivity index (χ0n) is 17.5. The molecule has 0 spiro atoms. The number of carbonyl (C=O) groups excluding carboxylic acids is 3. The maximum atomic E-state index is 12.6. The van der Waals surface area contributed by atoms with Gasteiger partial charge in [0.25, 0.3) is 5.91 Å². The largest absolute Gasteiger partial charge is 0.298 e. The topological polar surface area (TPSA) is 79.4 Å². The Morgan fingerprint density at radius 1 is 0.788 bits per heavy atom. The number of benzene rings is 3. The van der Waals surface area contributed by atoms with Crippen molar-refractivity contribution in [3.63, 3.8) is 0 Å². The van der Waals surface area contributed by atoms with E-state index in [-0.39, 0.29) is 30.6 Å². The molecule has 4 aromatic rings. The van der Waals surface area contributed by atoms with Crippen molar-refractivity contribution in [1.29, 1.82) is 0 Å². The van der Waals surface area contributed by atoms with E-state index in [0.717, 1.165) is 27.3 Å². The first-order valence-electron chi connectivity index (χ1n) is 10.5. The third kappa shape index (κ3) is 4.31. The Morgan fingerprint density at radius 2 is 1.39 bits per heavy atom. The molecule has 0 atom stereocenters. The van der Waals surface area contributed by atoms with Gasteiger partial charge in [-0.25, -0.2) is 4.98 Å². The highest BCUT2D eigenvalue weighted by Crippen LogP contribution is 2.28. The Bertz CT molecular complexity index is 1310. The first kappa shape index (κ1) is 20.8. The molecule has 162 valence electrons. The monoisotopic (exact) mass is 453 g/mol. The van der Waals surface area contributed by atoms with Gasteiger partial charge in [0.15, 0.2) is 5.13 Å². The Balaban J connectivity index is 1.26. The molecule has 0 saturated carbocycles. The van der Waals surface area contributed by atoms with Crippen LogP contribution in [0.3, 0.4) is 0 Å². The van der Waals surface area contributed by atoms with Crippen LogP contribution in [-0.4, -0.2) is 22.7 Å². The third-order valence-electron chi connectivity index (χ3n) is 5.45. The number of aromatic nitrogens is 1. The summed E-state index contributed by atoms with van der Waals surface area (Å²) < 4.78 is 0. The van der Waals surface area contributed by atoms with E-state index in [4.69, 9.17) is 0 Å². The maximum Gasteiger partial charge on any atom is 0.257 e. The van der Waals surface area contributed by atoms with Gasteiger partial charge in [0.1, 0.15) is 0 Å². The standard InChI is InChI=1S/C26H19N3O3S/c30-23-14-15-24(31)29(23)21-12-10-20(11-13-21)25(32)28-26-27-22(16-33-26)19-8-6-18(7-9-19)17-4-2-1-3-5-17/h1-13,16H,14-15H2,(H,27,28,32). The fraction of sp³-hybridized carbons (Fsp3) is 0.0769. The number of carbonyl (C=O) groups is 3. The van der Waals surface area contributed by atoms with E-state index >= 15 is 0 Å². The molecule has 0 aliphatic carbocycles. The zero-order chi connectivity index (χ0) is 22.8. The molecule has 33 heavy (non-hydrogen) atoms. The molecule has 1 aromatic heterocycles. The van der Waals surface area contributed by atoms with Gasteiger partial charge in [0.2, 0.25) is 11.8 Å². The van der Waals surface area contributed by atoms with Crippen LogP contribution in [-0.2, 0) is 9.59 Å². The van der Waals surface area contributed by atoms with E-state index in [2.05, 4.69) is 34.6 Å². The van der Waals surface area contributed by atoms with Crippen LogP contribution in [0.15, 0.2) is 84.2 Å². The van der Waals surface area contributed by atoms with E-state index in [1.165, 1.54) is 11.3 Å². The van der Waals surface area contributed by atoms with Crippen molar-refractivity contribution in [2.45, 2.75) is 12.8 Å². The van der Waals surface area contributed by atoms with Gasteiger partial charge < -0.3 is 0 Å². The van der Waals surface area contributed by atoms with E-state index < -0.39 is 0 Å². The molecular formula is C26H19N3O3S. The highest BCUT2D eigenvalue weighted by molar-refractivity contribution is 7.14. The quantitative estimate of drug-likeness (QED) is 0.411. The molecule has 3 amide bonds. The normalized spacial score (nSPS) is 13.4. The SMILES string of the molecule is O=C(Nc1nc(-c2ccc(-c3ccccc3)cc2)cs1)c1ccc(N2C(=O)CCC2=O)cc1. The van der Waals surface area contributed by atoms with Gasteiger partial charge in [0, 0.05) is 29.3 Å². The van der Waals surface area contributed by atoms with Crippen molar-refractivity contribution < 1.29 is 14.4 Å². The van der Waals surface area contributed by atoms with Crippen LogP contribution in [0.5, 0.6) is 0 Å². The van der Waals surface area contributed by atoms with Gasteiger partial charge in [-0.15, -0.1) is 11.3 Å². The van der Waals surface area contributed by atoms with Crippen molar-refractivity contribution in [2.75, 3.05) is 10.2 Å². The van der Waals surface area contributed by atoms with Gasteiger partial charge in [-0.05, 0) is 35.4 Å². The van der Waals surface area contributed by atoms with Gasteiger partial charge in [-0.3, -0.25) is 24.6 Å². The number of amides is 3. The van der Waals surface area contributed by atoms with Gasteiger partial charge in [-0.2, -0.15) is 0 Å². The second-order valence-corrected chi connectivity index (χ2v) is 8.46. The molecule has 0 bridgehead atoms. The van der Waals surface area contributed by atoms with E-state index in [9.17, 15) is 14.4 Å². The van der Waals surface area contributed by atoms with Crippen LogP contribution < -0.4 is 10.2 Å². The lowest BCUT2D eigenvalue weighted by Gasteiger charge is -2.13. The van der Waals surface area contributed by atoms with Crippen LogP contribution in [0.4, 0.5) is 10.8 Å². The van der Waals surface area contributed by atoms with E-state index in [1.807, 2.05) is 35.7 Å². The second kappa shape index (κ2) is 8.80. The number of nitrogens with zero attached hydrogens (tertiary/aromatic N) is 2. The number of thiazole rings is 1. The molecule has 6 nitrogen and oxygen atoms in total. The highest BCUT2D eigenvalue weighted by atomic mass is 32.1. The molecule has 7 heteroatoms. The summed E-state index contributed by atoms with van der Waals surface area (Å²) in [5, 5.41) is 5.21. The molecule has 3 aromatic carbocycles. The number of imide groups is 1. The summed E-state index contributed by atoms with van der Waals surface area (Å²) in [6, 6.07) is 24.7. The summed E-state index contributed by atoms with van der Waals surface area (Å²) >= 11 is 1.35. The van der Waals surface area contributed by atoms with Crippen molar-refractivity contribution in [3.8, 4) is 22.4 Å². The first-order valence-corrected chi connectivity index (χ1v) is 11.3. The molecule has 1 aliphatic heterocycles. The minimum atomic E-state index is -0.305. The molecular weight excluding hydrogens is 434 g/mol. The molecule has 1 N–H and O–H groups in total. The minimum Gasteiger partial charge on any atom is -0.298 e. The lowest BCUT2D eigenvalue weighted by atomic mass is 10.0. The smallest absolute Gasteiger partial charge is 0.257 e. The number of nitrogens with one attached hydrogen (secondary N) is 1. The van der Waals surface area contributed by atoms with Crippen molar-refractivity contribution >= 4 is 39.9 Å². The third-order valence-corrected chi connectivity index (χ3v) is 6.21. The zero-order valence-corrected chi connectivity index (χ0v) is 18.3. The molecule has 1 aliphatic rings. The summed E-state index contributed by atoms with van der Waals surface area (Å²) in [6.45, 7) is 0. The maximum absolute atomic E-state index is 12.6. The highest BCUT2D eigenvalue weighted by Gasteiger charge is 2.30. The van der Waals surface area contributed by atoms with E-state index in [1.54, 1.807) is 24.3 Å². The van der Waals surface area contributed by atoms with Gasteiger partial charge >= 0.3 is 0 Å². The van der Waals surface area contributed by atoms with Crippen molar-refractivity contribution in [3.05, 3.63) is 89.8 Å². The molecule has 2 heterocycles. The molecule has 1 saturated heterocycles. The second-order valence-electron chi connectivity index (χ2n) is 7.61. The Kier molecular flexibility index (Phi) is 5.54. The Labute approximate surface area is 194 Å². The van der Waals surface area contributed by atoms with Gasteiger partial charge in [-0.1, -0.05) is 54.6 Å². The average molecular weight is 454 g/mol. The summed E-state index contributed by atoms with van der Waals surface area (Å²) in [6.07, 6.45) is 0.449. The van der Waals surface area contributed by atoms with Crippen LogP contribution in [0.1, 0.15) is 23.2 Å². The summed E-state index contributed by atoms with van der Waals surface area (Å²) in [7, 11) is 0. The molecule has 0 radical (unpaired) electrons. The van der Waals surface area contributed by atoms with Gasteiger partial charge in [0.05, 0.1) is 11.4 Å².